The Hall–Kier alpha value is -1.82. The Morgan fingerprint density at radius 1 is 1.29 bits per heavy atom. The van der Waals surface area contributed by atoms with E-state index in [1.165, 1.54) is 12.1 Å². The first-order chi connectivity index (χ1) is 9.97. The Morgan fingerprint density at radius 3 is 2.81 bits per heavy atom. The molecule has 1 aliphatic rings. The summed E-state index contributed by atoms with van der Waals surface area (Å²) in [6, 6.07) is 5.49. The van der Waals surface area contributed by atoms with Crippen LogP contribution in [-0.4, -0.2) is 14.7 Å². The molecule has 0 fully saturated rings. The molecule has 2 heterocycles. The third kappa shape index (κ3) is 2.68. The van der Waals surface area contributed by atoms with E-state index in [0.717, 1.165) is 24.6 Å². The van der Waals surface area contributed by atoms with Gasteiger partial charge in [0.1, 0.15) is 12.1 Å². The number of aliphatic hydroxyl groups excluding tert-OH is 1. The number of aliphatic hydroxyl groups is 1. The Bertz CT molecular complexity index is 649. The van der Waals surface area contributed by atoms with E-state index in [9.17, 15) is 18.3 Å². The summed E-state index contributed by atoms with van der Waals surface area (Å²) >= 11 is 0. The average Bonchev–Trinajstić information content (AvgIpc) is 2.83. The van der Waals surface area contributed by atoms with Crippen molar-refractivity contribution in [2.75, 3.05) is 0 Å². The highest BCUT2D eigenvalue weighted by molar-refractivity contribution is 5.32. The molecule has 21 heavy (non-hydrogen) atoms. The lowest BCUT2D eigenvalue weighted by Gasteiger charge is -2.23. The summed E-state index contributed by atoms with van der Waals surface area (Å²) in [6.45, 7) is 0. The molecule has 1 atom stereocenters. The lowest BCUT2D eigenvalue weighted by molar-refractivity contribution is -0.138. The fourth-order valence-electron chi connectivity index (χ4n) is 2.83. The highest BCUT2D eigenvalue weighted by Crippen LogP contribution is 2.33. The van der Waals surface area contributed by atoms with E-state index < -0.39 is 18.0 Å². The maximum absolute atomic E-state index is 13.0. The fourth-order valence-corrected chi connectivity index (χ4v) is 2.83. The van der Waals surface area contributed by atoms with Crippen molar-refractivity contribution >= 4 is 0 Å². The molecule has 1 unspecified atom stereocenters. The van der Waals surface area contributed by atoms with Crippen LogP contribution in [0.2, 0.25) is 0 Å². The second kappa shape index (κ2) is 5.18. The minimum Gasteiger partial charge on any atom is -0.373 e. The number of imidazole rings is 1. The first-order valence-electron chi connectivity index (χ1n) is 6.85. The maximum atomic E-state index is 13.0. The van der Waals surface area contributed by atoms with Gasteiger partial charge in [-0.1, -0.05) is 18.2 Å². The van der Waals surface area contributed by atoms with E-state index >= 15 is 0 Å². The average molecular weight is 296 g/mol. The van der Waals surface area contributed by atoms with Crippen molar-refractivity contribution in [3.05, 3.63) is 53.1 Å². The van der Waals surface area contributed by atoms with Crippen LogP contribution < -0.4 is 0 Å². The van der Waals surface area contributed by atoms with Gasteiger partial charge in [0.15, 0.2) is 0 Å². The van der Waals surface area contributed by atoms with E-state index in [2.05, 4.69) is 4.98 Å². The second-order valence-corrected chi connectivity index (χ2v) is 5.24. The highest BCUT2D eigenvalue weighted by atomic mass is 19.4. The predicted octanol–water partition coefficient (Wildman–Crippen LogP) is 3.32. The lowest BCUT2D eigenvalue weighted by Crippen LogP contribution is -2.20. The molecule has 0 saturated carbocycles. The van der Waals surface area contributed by atoms with Crippen molar-refractivity contribution < 1.29 is 18.3 Å². The molecule has 3 nitrogen and oxygen atoms in total. The van der Waals surface area contributed by atoms with Gasteiger partial charge in [-0.3, -0.25) is 0 Å². The number of aromatic nitrogens is 2. The molecule has 1 aliphatic heterocycles. The minimum absolute atomic E-state index is 0.0622. The number of rotatable bonds is 2. The first kappa shape index (κ1) is 14.1. The zero-order chi connectivity index (χ0) is 15.0. The van der Waals surface area contributed by atoms with E-state index in [1.807, 2.05) is 0 Å². The van der Waals surface area contributed by atoms with Crippen LogP contribution >= 0.6 is 0 Å². The molecule has 0 amide bonds. The van der Waals surface area contributed by atoms with E-state index in [1.54, 1.807) is 16.8 Å². The summed E-state index contributed by atoms with van der Waals surface area (Å²) in [5.74, 6) is 0.480. The van der Waals surface area contributed by atoms with Gasteiger partial charge in [0.05, 0.1) is 5.56 Å². The molecule has 1 N–H and O–H groups in total. The molecule has 0 bridgehead atoms. The van der Waals surface area contributed by atoms with Crippen molar-refractivity contribution in [2.45, 2.75) is 38.1 Å². The first-order valence-corrected chi connectivity index (χ1v) is 6.85. The van der Waals surface area contributed by atoms with Gasteiger partial charge in [0.25, 0.3) is 0 Å². The number of aryl methyl sites for hydroxylation is 1. The standard InChI is InChI=1S/C15H15F3N2O/c16-15(17,18)12-6-2-1-4-10(12)8-13-19-9-11-5-3-7-14(21)20(11)13/h1-2,4,6,9,14,21H,3,5,7-8H2. The molecular weight excluding hydrogens is 281 g/mol. The van der Waals surface area contributed by atoms with Crippen molar-refractivity contribution in [3.8, 4) is 0 Å². The number of benzene rings is 1. The molecule has 2 aromatic rings. The molecule has 0 aliphatic carbocycles. The van der Waals surface area contributed by atoms with Gasteiger partial charge in [-0.05, 0) is 30.9 Å². The number of hydrogen-bond acceptors (Lipinski definition) is 2. The third-order valence-electron chi connectivity index (χ3n) is 3.81. The molecule has 1 aromatic heterocycles. The zero-order valence-electron chi connectivity index (χ0n) is 11.3. The SMILES string of the molecule is OC1CCCc2cnc(Cc3ccccc3C(F)(F)F)n21. The van der Waals surface area contributed by atoms with Gasteiger partial charge in [0.2, 0.25) is 0 Å². The summed E-state index contributed by atoms with van der Waals surface area (Å²) in [7, 11) is 0. The number of hydrogen-bond donors (Lipinski definition) is 1. The molecule has 3 rings (SSSR count). The predicted molar refractivity (Wildman–Crippen MR) is 70.7 cm³/mol. The monoisotopic (exact) mass is 296 g/mol. The summed E-state index contributed by atoms with van der Waals surface area (Å²) in [5, 5.41) is 10.0. The van der Waals surface area contributed by atoms with E-state index in [4.69, 9.17) is 0 Å². The smallest absolute Gasteiger partial charge is 0.373 e. The highest BCUT2D eigenvalue weighted by Gasteiger charge is 2.33. The third-order valence-corrected chi connectivity index (χ3v) is 3.81. The summed E-state index contributed by atoms with van der Waals surface area (Å²) in [6.07, 6.45) is -1.09. The number of halogens is 3. The summed E-state index contributed by atoms with van der Waals surface area (Å²) in [4.78, 5) is 4.20. The van der Waals surface area contributed by atoms with Gasteiger partial charge in [-0.15, -0.1) is 0 Å². The number of alkyl halides is 3. The molecule has 6 heteroatoms. The second-order valence-electron chi connectivity index (χ2n) is 5.24. The topological polar surface area (TPSA) is 38.1 Å². The van der Waals surface area contributed by atoms with Gasteiger partial charge in [0, 0.05) is 18.3 Å². The normalized spacial score (nSPS) is 18.6. The Morgan fingerprint density at radius 2 is 2.05 bits per heavy atom. The van der Waals surface area contributed by atoms with Crippen LogP contribution in [0.15, 0.2) is 30.5 Å². The maximum Gasteiger partial charge on any atom is 0.416 e. The summed E-state index contributed by atoms with van der Waals surface area (Å²) < 4.78 is 40.7. The van der Waals surface area contributed by atoms with Gasteiger partial charge < -0.3 is 9.67 Å². The zero-order valence-corrected chi connectivity index (χ0v) is 11.3. The molecule has 112 valence electrons. The fraction of sp³-hybridized carbons (Fsp3) is 0.400. The van der Waals surface area contributed by atoms with Crippen LogP contribution in [0.25, 0.3) is 0 Å². The van der Waals surface area contributed by atoms with Crippen LogP contribution in [0.4, 0.5) is 13.2 Å². The van der Waals surface area contributed by atoms with Crippen molar-refractivity contribution in [2.24, 2.45) is 0 Å². The van der Waals surface area contributed by atoms with Crippen LogP contribution in [0.3, 0.4) is 0 Å². The van der Waals surface area contributed by atoms with Crippen LogP contribution in [-0.2, 0) is 19.0 Å². The van der Waals surface area contributed by atoms with Crippen molar-refractivity contribution in [1.82, 2.24) is 9.55 Å². The molecule has 0 radical (unpaired) electrons. The molecule has 1 aromatic carbocycles. The van der Waals surface area contributed by atoms with Crippen LogP contribution in [0.5, 0.6) is 0 Å². The van der Waals surface area contributed by atoms with Gasteiger partial charge >= 0.3 is 6.18 Å². The van der Waals surface area contributed by atoms with E-state index in [0.29, 0.717) is 12.2 Å². The van der Waals surface area contributed by atoms with Gasteiger partial charge in [-0.25, -0.2) is 4.98 Å². The summed E-state index contributed by atoms with van der Waals surface area (Å²) in [5.41, 5.74) is 0.414. The number of nitrogens with zero attached hydrogens (tertiary/aromatic N) is 2. The molecule has 0 saturated heterocycles. The Labute approximate surface area is 120 Å². The number of fused-ring (bicyclic) bond motifs is 1. The van der Waals surface area contributed by atoms with Crippen molar-refractivity contribution in [3.63, 3.8) is 0 Å². The Balaban J connectivity index is 1.97. The van der Waals surface area contributed by atoms with E-state index in [-0.39, 0.29) is 12.0 Å². The largest absolute Gasteiger partial charge is 0.416 e. The quantitative estimate of drug-likeness (QED) is 0.923. The van der Waals surface area contributed by atoms with Crippen molar-refractivity contribution in [1.29, 1.82) is 0 Å². The minimum atomic E-state index is -4.38. The molecule has 0 spiro atoms. The van der Waals surface area contributed by atoms with Crippen LogP contribution in [0, 0.1) is 0 Å². The lowest BCUT2D eigenvalue weighted by atomic mass is 10.0. The van der Waals surface area contributed by atoms with Crippen LogP contribution in [0.1, 0.15) is 41.7 Å². The molecular formula is C15H15F3N2O. The Kier molecular flexibility index (Phi) is 3.49. The van der Waals surface area contributed by atoms with Gasteiger partial charge in [-0.2, -0.15) is 13.2 Å².